The van der Waals surface area contributed by atoms with Crippen LogP contribution in [0.3, 0.4) is 0 Å². The van der Waals surface area contributed by atoms with Crippen molar-refractivity contribution in [2.45, 2.75) is 64.8 Å². The molecule has 0 N–H and O–H groups in total. The van der Waals surface area contributed by atoms with Gasteiger partial charge in [-0.15, -0.1) is 0 Å². The number of allylic oxidation sites excluding steroid dienone is 4. The second-order valence-corrected chi connectivity index (χ2v) is 7.84. The van der Waals surface area contributed by atoms with Crippen molar-refractivity contribution in [2.75, 3.05) is 7.05 Å². The van der Waals surface area contributed by atoms with E-state index in [2.05, 4.69) is 38.5 Å². The molecule has 5 atom stereocenters. The van der Waals surface area contributed by atoms with Crippen LogP contribution in [0, 0.1) is 17.8 Å². The molecule has 2 nitrogen and oxygen atoms in total. The smallest absolute Gasteiger partial charge is 0.192 e. The van der Waals surface area contributed by atoms with Crippen molar-refractivity contribution in [2.24, 2.45) is 17.8 Å². The van der Waals surface area contributed by atoms with Gasteiger partial charge in [0.1, 0.15) is 12.3 Å². The van der Waals surface area contributed by atoms with Crippen LogP contribution in [0.2, 0.25) is 0 Å². The number of hydrogen-bond acceptors (Lipinski definition) is 2. The third-order valence-corrected chi connectivity index (χ3v) is 6.02. The lowest BCUT2D eigenvalue weighted by Crippen LogP contribution is -2.37. The maximum Gasteiger partial charge on any atom is 0.192 e. The lowest BCUT2D eigenvalue weighted by molar-refractivity contribution is 0.0144. The zero-order chi connectivity index (χ0) is 16.7. The molecule has 5 unspecified atom stereocenters. The Morgan fingerprint density at radius 1 is 1.30 bits per heavy atom. The Morgan fingerprint density at radius 3 is 2.70 bits per heavy atom. The zero-order valence-electron chi connectivity index (χ0n) is 14.9. The molecule has 2 aliphatic carbocycles. The molecular formula is C20H30FNO. The number of alkyl halides is 1. The van der Waals surface area contributed by atoms with E-state index >= 15 is 0 Å². The highest BCUT2D eigenvalue weighted by Crippen LogP contribution is 2.40. The van der Waals surface area contributed by atoms with Gasteiger partial charge < -0.3 is 9.64 Å². The highest BCUT2D eigenvalue weighted by molar-refractivity contribution is 5.36. The van der Waals surface area contributed by atoms with Crippen molar-refractivity contribution in [3.05, 3.63) is 35.8 Å². The lowest BCUT2D eigenvalue weighted by Gasteiger charge is -2.37. The summed E-state index contributed by atoms with van der Waals surface area (Å²) in [5, 5.41) is 0. The van der Waals surface area contributed by atoms with Crippen LogP contribution in [0.5, 0.6) is 0 Å². The van der Waals surface area contributed by atoms with Crippen molar-refractivity contribution in [1.29, 1.82) is 0 Å². The first-order valence-corrected chi connectivity index (χ1v) is 9.00. The summed E-state index contributed by atoms with van der Waals surface area (Å²) in [4.78, 5) is 2.24. The van der Waals surface area contributed by atoms with Crippen LogP contribution < -0.4 is 0 Å². The Bertz CT molecular complexity index is 536. The molecule has 2 bridgehead atoms. The van der Waals surface area contributed by atoms with E-state index in [1.807, 2.05) is 13.0 Å². The molecule has 23 heavy (non-hydrogen) atoms. The first-order valence-electron chi connectivity index (χ1n) is 9.00. The molecule has 1 saturated carbocycles. The van der Waals surface area contributed by atoms with E-state index in [0.717, 1.165) is 29.9 Å². The van der Waals surface area contributed by atoms with Gasteiger partial charge in [0.05, 0.1) is 0 Å². The molecule has 0 aromatic carbocycles. The Labute approximate surface area is 140 Å². The van der Waals surface area contributed by atoms with E-state index in [4.69, 9.17) is 4.74 Å². The third-order valence-electron chi connectivity index (χ3n) is 6.02. The summed E-state index contributed by atoms with van der Waals surface area (Å²) in [7, 11) is 2.09. The quantitative estimate of drug-likeness (QED) is 0.690. The van der Waals surface area contributed by atoms with Crippen LogP contribution in [-0.2, 0) is 4.74 Å². The average Bonchev–Trinajstić information content (AvgIpc) is 2.93. The predicted octanol–water partition coefficient (Wildman–Crippen LogP) is 4.84. The summed E-state index contributed by atoms with van der Waals surface area (Å²) in [5.41, 5.74) is 1.89. The van der Waals surface area contributed by atoms with Crippen molar-refractivity contribution in [3.63, 3.8) is 0 Å². The average molecular weight is 319 g/mol. The summed E-state index contributed by atoms with van der Waals surface area (Å²) < 4.78 is 20.9. The number of nitrogens with zero attached hydrogens (tertiary/aromatic N) is 1. The van der Waals surface area contributed by atoms with Crippen molar-refractivity contribution in [1.82, 2.24) is 4.90 Å². The third kappa shape index (κ3) is 3.07. The second kappa shape index (κ2) is 6.33. The summed E-state index contributed by atoms with van der Waals surface area (Å²) in [6, 6.07) is 0.569. The normalized spacial score (nSPS) is 38.7. The van der Waals surface area contributed by atoms with Gasteiger partial charge in [0.2, 0.25) is 0 Å². The molecule has 3 rings (SSSR count). The molecule has 3 aliphatic rings. The molecule has 2 fully saturated rings. The minimum atomic E-state index is -0.846. The van der Waals surface area contributed by atoms with E-state index < -0.39 is 6.17 Å². The van der Waals surface area contributed by atoms with Crippen LogP contribution in [0.25, 0.3) is 0 Å². The second-order valence-electron chi connectivity index (χ2n) is 7.84. The van der Waals surface area contributed by atoms with Crippen LogP contribution in [0.1, 0.15) is 46.5 Å². The Balaban J connectivity index is 1.80. The summed E-state index contributed by atoms with van der Waals surface area (Å²) in [5.74, 6) is 1.53. The van der Waals surface area contributed by atoms with Crippen LogP contribution >= 0.6 is 0 Å². The minimum Gasteiger partial charge on any atom is -0.475 e. The van der Waals surface area contributed by atoms with E-state index in [0.29, 0.717) is 30.4 Å². The molecule has 128 valence electrons. The lowest BCUT2D eigenvalue weighted by atomic mass is 9.77. The summed E-state index contributed by atoms with van der Waals surface area (Å²) >= 11 is 0. The van der Waals surface area contributed by atoms with Gasteiger partial charge in [-0.2, -0.15) is 0 Å². The van der Waals surface area contributed by atoms with Gasteiger partial charge in [-0.3, -0.25) is 0 Å². The molecule has 3 heteroatoms. The molecule has 0 aromatic rings. The van der Waals surface area contributed by atoms with Gasteiger partial charge in [-0.1, -0.05) is 32.6 Å². The number of hydrogen-bond donors (Lipinski definition) is 0. The highest BCUT2D eigenvalue weighted by Gasteiger charge is 2.38. The van der Waals surface area contributed by atoms with Crippen molar-refractivity contribution >= 4 is 0 Å². The Hall–Kier alpha value is -1.25. The maximum absolute atomic E-state index is 14.7. The van der Waals surface area contributed by atoms with Gasteiger partial charge in [-0.05, 0) is 43.6 Å². The van der Waals surface area contributed by atoms with E-state index in [9.17, 15) is 4.39 Å². The minimum absolute atomic E-state index is 0.214. The first kappa shape index (κ1) is 16.6. The van der Waals surface area contributed by atoms with Crippen LogP contribution in [0.4, 0.5) is 4.39 Å². The van der Waals surface area contributed by atoms with E-state index in [-0.39, 0.29) is 5.92 Å². The Kier molecular flexibility index (Phi) is 4.57. The van der Waals surface area contributed by atoms with Crippen LogP contribution in [0.15, 0.2) is 35.8 Å². The predicted molar refractivity (Wildman–Crippen MR) is 92.6 cm³/mol. The number of ether oxygens (including phenoxy) is 1. The number of rotatable bonds is 3. The van der Waals surface area contributed by atoms with Crippen molar-refractivity contribution < 1.29 is 9.13 Å². The van der Waals surface area contributed by atoms with E-state index in [1.165, 1.54) is 6.42 Å². The zero-order valence-corrected chi connectivity index (χ0v) is 14.9. The van der Waals surface area contributed by atoms with Gasteiger partial charge >= 0.3 is 0 Å². The van der Waals surface area contributed by atoms with Gasteiger partial charge in [-0.25, -0.2) is 4.39 Å². The first-order chi connectivity index (χ1) is 10.9. The molecule has 0 spiro atoms. The van der Waals surface area contributed by atoms with Gasteiger partial charge in [0.25, 0.3) is 0 Å². The molecule has 1 aliphatic heterocycles. The Morgan fingerprint density at radius 2 is 2.04 bits per heavy atom. The van der Waals surface area contributed by atoms with E-state index in [1.54, 1.807) is 0 Å². The number of fused-ring (bicyclic) bond motifs is 2. The molecule has 0 aromatic heterocycles. The van der Waals surface area contributed by atoms with Crippen molar-refractivity contribution in [3.8, 4) is 0 Å². The largest absolute Gasteiger partial charge is 0.475 e. The van der Waals surface area contributed by atoms with Crippen LogP contribution in [-0.4, -0.2) is 30.3 Å². The molecule has 0 amide bonds. The highest BCUT2D eigenvalue weighted by atomic mass is 19.1. The summed E-state index contributed by atoms with van der Waals surface area (Å²) in [6.45, 7) is 10.6. The maximum atomic E-state index is 14.7. The fraction of sp³-hybridized carbons (Fsp3) is 0.700. The fourth-order valence-corrected chi connectivity index (χ4v) is 4.22. The topological polar surface area (TPSA) is 12.5 Å². The molecule has 1 heterocycles. The molecular weight excluding hydrogens is 289 g/mol. The molecule has 0 radical (unpaired) electrons. The van der Waals surface area contributed by atoms with Gasteiger partial charge in [0.15, 0.2) is 5.88 Å². The fourth-order valence-electron chi connectivity index (χ4n) is 4.22. The molecule has 1 saturated heterocycles. The summed E-state index contributed by atoms with van der Waals surface area (Å²) in [6.07, 6.45) is 7.74. The number of halogens is 1. The SMILES string of the molecule is C=C(/C(C)=C1/OC2CCC(C2)N1C)C1C=CC(C(C)C)CC1F. The standard InChI is InChI=1S/C20H30FNO/c1-12(2)15-6-9-18(19(21)10-15)13(3)14(4)20-22(5)16-7-8-17(11-16)23-20/h6,9,12,15-19H,3,7-8,10-11H2,1-2,4-5H3/b20-14+. The van der Waals surface area contributed by atoms with Gasteiger partial charge in [0, 0.05) is 31.0 Å². The monoisotopic (exact) mass is 319 g/mol.